The Morgan fingerprint density at radius 1 is 1.22 bits per heavy atom. The van der Waals surface area contributed by atoms with Crippen LogP contribution in [0.15, 0.2) is 41.8 Å². The van der Waals surface area contributed by atoms with Crippen LogP contribution in [0.3, 0.4) is 0 Å². The van der Waals surface area contributed by atoms with Gasteiger partial charge in [0.25, 0.3) is 0 Å². The summed E-state index contributed by atoms with van der Waals surface area (Å²) in [5, 5.41) is 1.89. The number of ether oxygens (including phenoxy) is 1. The Bertz CT molecular complexity index is 491. The van der Waals surface area contributed by atoms with Crippen LogP contribution in [0.5, 0.6) is 5.75 Å². The maximum absolute atomic E-state index is 12.6. The van der Waals surface area contributed by atoms with Crippen molar-refractivity contribution in [2.45, 2.75) is 12.8 Å². The van der Waals surface area contributed by atoms with Crippen LogP contribution in [0, 0.1) is 5.82 Å². The van der Waals surface area contributed by atoms with Gasteiger partial charge in [-0.1, -0.05) is 6.07 Å². The normalized spacial score (nSPS) is 10.3. The van der Waals surface area contributed by atoms with Crippen molar-refractivity contribution in [1.82, 2.24) is 0 Å². The van der Waals surface area contributed by atoms with Gasteiger partial charge in [-0.3, -0.25) is 4.79 Å². The van der Waals surface area contributed by atoms with E-state index in [0.717, 1.165) is 4.88 Å². The highest BCUT2D eigenvalue weighted by Crippen LogP contribution is 2.14. The summed E-state index contributed by atoms with van der Waals surface area (Å²) in [6.45, 7) is 0.461. The molecule has 0 saturated heterocycles. The van der Waals surface area contributed by atoms with Gasteiger partial charge in [0.2, 0.25) is 0 Å². The van der Waals surface area contributed by atoms with E-state index in [4.69, 9.17) is 4.74 Å². The maximum atomic E-state index is 12.6. The van der Waals surface area contributed by atoms with Crippen LogP contribution in [0.1, 0.15) is 22.5 Å². The third-order valence-electron chi connectivity index (χ3n) is 2.43. The van der Waals surface area contributed by atoms with E-state index in [0.29, 0.717) is 25.2 Å². The minimum Gasteiger partial charge on any atom is -0.494 e. The lowest BCUT2D eigenvalue weighted by molar-refractivity contribution is 0.0977. The van der Waals surface area contributed by atoms with E-state index < -0.39 is 0 Å². The molecule has 0 amide bonds. The smallest absolute Gasteiger partial charge is 0.172 e. The number of carbonyl (C=O) groups is 1. The molecule has 0 aliphatic carbocycles. The zero-order chi connectivity index (χ0) is 12.8. The van der Waals surface area contributed by atoms with Crippen molar-refractivity contribution in [3.63, 3.8) is 0 Å². The molecule has 1 aromatic carbocycles. The molecule has 2 rings (SSSR count). The first-order chi connectivity index (χ1) is 8.75. The molecule has 18 heavy (non-hydrogen) atoms. The first-order valence-corrected chi connectivity index (χ1v) is 6.59. The Labute approximate surface area is 109 Å². The third kappa shape index (κ3) is 3.67. The van der Waals surface area contributed by atoms with Crippen molar-refractivity contribution >= 4 is 17.1 Å². The fourth-order valence-corrected chi connectivity index (χ4v) is 2.21. The summed E-state index contributed by atoms with van der Waals surface area (Å²) >= 11 is 1.46. The summed E-state index contributed by atoms with van der Waals surface area (Å²) in [6, 6.07) is 9.56. The van der Waals surface area contributed by atoms with Crippen LogP contribution in [0.4, 0.5) is 4.39 Å². The molecular weight excluding hydrogens is 251 g/mol. The number of halogens is 1. The summed E-state index contributed by atoms with van der Waals surface area (Å²) in [7, 11) is 0. The SMILES string of the molecule is O=C(CCCOc1ccc(F)cc1)c1cccs1. The number of thiophene rings is 1. The molecule has 0 radical (unpaired) electrons. The van der Waals surface area contributed by atoms with Crippen LogP contribution < -0.4 is 4.74 Å². The van der Waals surface area contributed by atoms with E-state index >= 15 is 0 Å². The molecule has 0 unspecified atom stereocenters. The number of hydrogen-bond donors (Lipinski definition) is 0. The molecule has 2 nitrogen and oxygen atoms in total. The fraction of sp³-hybridized carbons (Fsp3) is 0.214. The highest BCUT2D eigenvalue weighted by atomic mass is 32.1. The van der Waals surface area contributed by atoms with Crippen molar-refractivity contribution in [1.29, 1.82) is 0 Å². The zero-order valence-electron chi connectivity index (χ0n) is 9.77. The summed E-state index contributed by atoms with van der Waals surface area (Å²) in [5.74, 6) is 0.489. The number of rotatable bonds is 6. The van der Waals surface area contributed by atoms with Gasteiger partial charge < -0.3 is 4.74 Å². The highest BCUT2D eigenvalue weighted by molar-refractivity contribution is 7.12. The van der Waals surface area contributed by atoms with Crippen LogP contribution in [-0.2, 0) is 0 Å². The number of benzene rings is 1. The maximum Gasteiger partial charge on any atom is 0.172 e. The molecule has 1 aromatic heterocycles. The first kappa shape index (κ1) is 12.8. The summed E-state index contributed by atoms with van der Waals surface area (Å²) in [4.78, 5) is 12.5. The Balaban J connectivity index is 1.70. The van der Waals surface area contributed by atoms with Gasteiger partial charge in [0.05, 0.1) is 11.5 Å². The largest absolute Gasteiger partial charge is 0.494 e. The Hall–Kier alpha value is -1.68. The number of carbonyl (C=O) groups excluding carboxylic acids is 1. The van der Waals surface area contributed by atoms with E-state index in [1.807, 2.05) is 17.5 Å². The summed E-state index contributed by atoms with van der Waals surface area (Å²) in [5.41, 5.74) is 0. The lowest BCUT2D eigenvalue weighted by Crippen LogP contribution is -2.02. The van der Waals surface area contributed by atoms with Crippen LogP contribution in [0.25, 0.3) is 0 Å². The average Bonchev–Trinajstić information content (AvgIpc) is 2.90. The topological polar surface area (TPSA) is 26.3 Å². The average molecular weight is 264 g/mol. The molecule has 0 spiro atoms. The molecule has 0 aliphatic rings. The molecule has 0 aliphatic heterocycles. The van der Waals surface area contributed by atoms with Gasteiger partial charge in [0.15, 0.2) is 5.78 Å². The van der Waals surface area contributed by atoms with Gasteiger partial charge >= 0.3 is 0 Å². The lowest BCUT2D eigenvalue weighted by atomic mass is 10.2. The van der Waals surface area contributed by atoms with E-state index in [1.54, 1.807) is 12.1 Å². The quantitative estimate of drug-likeness (QED) is 0.583. The first-order valence-electron chi connectivity index (χ1n) is 5.71. The summed E-state index contributed by atoms with van der Waals surface area (Å²) in [6.07, 6.45) is 1.13. The van der Waals surface area contributed by atoms with Crippen molar-refractivity contribution in [2.24, 2.45) is 0 Å². The van der Waals surface area contributed by atoms with Gasteiger partial charge in [-0.15, -0.1) is 11.3 Å². The van der Waals surface area contributed by atoms with Gasteiger partial charge in [-0.2, -0.15) is 0 Å². The number of hydrogen-bond acceptors (Lipinski definition) is 3. The van der Waals surface area contributed by atoms with Crippen molar-refractivity contribution in [2.75, 3.05) is 6.61 Å². The van der Waals surface area contributed by atoms with Gasteiger partial charge in [-0.25, -0.2) is 4.39 Å². The number of ketones is 1. The molecule has 0 atom stereocenters. The molecule has 4 heteroatoms. The highest BCUT2D eigenvalue weighted by Gasteiger charge is 2.06. The van der Waals surface area contributed by atoms with Crippen LogP contribution in [0.2, 0.25) is 0 Å². The minimum absolute atomic E-state index is 0.146. The Morgan fingerprint density at radius 2 is 2.00 bits per heavy atom. The molecule has 0 N–H and O–H groups in total. The Kier molecular flexibility index (Phi) is 4.47. The fourth-order valence-electron chi connectivity index (χ4n) is 1.51. The van der Waals surface area contributed by atoms with Crippen molar-refractivity contribution < 1.29 is 13.9 Å². The predicted octanol–water partition coefficient (Wildman–Crippen LogP) is 3.93. The molecule has 0 bridgehead atoms. The second-order valence-corrected chi connectivity index (χ2v) is 4.75. The van der Waals surface area contributed by atoms with Crippen LogP contribution >= 0.6 is 11.3 Å². The molecule has 2 aromatic rings. The van der Waals surface area contributed by atoms with E-state index in [9.17, 15) is 9.18 Å². The molecular formula is C14H13FO2S. The van der Waals surface area contributed by atoms with E-state index in [1.165, 1.54) is 23.5 Å². The molecule has 0 saturated carbocycles. The number of Topliss-reactive ketones (excluding diaryl/α,β-unsaturated/α-hetero) is 1. The van der Waals surface area contributed by atoms with E-state index in [-0.39, 0.29) is 11.6 Å². The van der Waals surface area contributed by atoms with Gasteiger partial charge in [0, 0.05) is 6.42 Å². The van der Waals surface area contributed by atoms with Gasteiger partial charge in [0.1, 0.15) is 11.6 Å². The van der Waals surface area contributed by atoms with Crippen molar-refractivity contribution in [3.8, 4) is 5.75 Å². The lowest BCUT2D eigenvalue weighted by Gasteiger charge is -2.05. The van der Waals surface area contributed by atoms with E-state index in [2.05, 4.69) is 0 Å². The minimum atomic E-state index is -0.282. The molecule has 1 heterocycles. The molecule has 0 fully saturated rings. The predicted molar refractivity (Wildman–Crippen MR) is 69.8 cm³/mol. The standard InChI is InChI=1S/C14H13FO2S/c15-11-5-7-12(8-6-11)17-9-1-3-13(16)14-4-2-10-18-14/h2,4-8,10H,1,3,9H2. The Morgan fingerprint density at radius 3 is 2.67 bits per heavy atom. The second kappa shape index (κ2) is 6.31. The van der Waals surface area contributed by atoms with Crippen molar-refractivity contribution in [3.05, 3.63) is 52.5 Å². The van der Waals surface area contributed by atoms with Gasteiger partial charge in [-0.05, 0) is 42.1 Å². The monoisotopic (exact) mass is 264 g/mol. The van der Waals surface area contributed by atoms with Crippen LogP contribution in [-0.4, -0.2) is 12.4 Å². The zero-order valence-corrected chi connectivity index (χ0v) is 10.6. The summed E-state index contributed by atoms with van der Waals surface area (Å²) < 4.78 is 18.1. The third-order valence-corrected chi connectivity index (χ3v) is 3.34. The molecule has 94 valence electrons. The second-order valence-electron chi connectivity index (χ2n) is 3.81.